The summed E-state index contributed by atoms with van der Waals surface area (Å²) in [5.74, 6) is 0. The predicted molar refractivity (Wildman–Crippen MR) is 74.5 cm³/mol. The molecule has 1 aromatic rings. The van der Waals surface area contributed by atoms with Gasteiger partial charge in [-0.25, -0.2) is 0 Å². The molecule has 100 valence electrons. The minimum absolute atomic E-state index is 0.152. The van der Waals surface area contributed by atoms with Gasteiger partial charge in [-0.05, 0) is 37.9 Å². The van der Waals surface area contributed by atoms with Crippen LogP contribution in [0, 0.1) is 0 Å². The Bertz CT molecular complexity index is 397. The zero-order valence-electron chi connectivity index (χ0n) is 12.1. The van der Waals surface area contributed by atoms with Gasteiger partial charge in [0.2, 0.25) is 9.76 Å². The van der Waals surface area contributed by atoms with E-state index >= 15 is 0 Å². The molecule has 0 spiro atoms. The maximum atomic E-state index is 9.57. The Labute approximate surface area is 113 Å². The van der Waals surface area contributed by atoms with Crippen LogP contribution in [0.1, 0.15) is 59.0 Å². The quantitative estimate of drug-likeness (QED) is 0.850. The molecule has 3 nitrogen and oxygen atoms in total. The fourth-order valence-electron chi connectivity index (χ4n) is 1.35. The molecule has 0 aliphatic heterocycles. The second kappa shape index (κ2) is 5.51. The van der Waals surface area contributed by atoms with Gasteiger partial charge in [0.1, 0.15) is 0 Å². The van der Waals surface area contributed by atoms with Gasteiger partial charge >= 0.3 is 0 Å². The van der Waals surface area contributed by atoms with Crippen molar-refractivity contribution in [2.45, 2.75) is 58.3 Å². The highest BCUT2D eigenvalue weighted by atomic mass is 28.2. The molecule has 1 N–H and O–H groups in total. The highest BCUT2D eigenvalue weighted by molar-refractivity contribution is 6.31. The monoisotopic (exact) mass is 265 g/mol. The fraction of sp³-hybridized carbons (Fsp3) is 0.643. The third kappa shape index (κ3) is 4.52. The average molecular weight is 265 g/mol. The molecule has 0 unspecified atom stereocenters. The topological polar surface area (TPSA) is 42.4 Å². The van der Waals surface area contributed by atoms with Crippen molar-refractivity contribution in [1.82, 2.24) is 4.98 Å². The van der Waals surface area contributed by atoms with E-state index in [0.717, 1.165) is 5.69 Å². The molecule has 0 bridgehead atoms. The summed E-state index contributed by atoms with van der Waals surface area (Å²) >= 11 is 0. The van der Waals surface area contributed by atoms with Crippen molar-refractivity contribution in [2.75, 3.05) is 0 Å². The Balaban J connectivity index is 2.87. The van der Waals surface area contributed by atoms with Crippen molar-refractivity contribution < 1.29 is 9.53 Å². The Hall–Kier alpha value is -0.713. The van der Waals surface area contributed by atoms with Crippen LogP contribution in [0.15, 0.2) is 18.2 Å². The minimum atomic E-state index is -0.550. The molecule has 0 aromatic carbocycles. The first-order valence-electron chi connectivity index (χ1n) is 6.22. The molecule has 2 radical (unpaired) electrons. The summed E-state index contributed by atoms with van der Waals surface area (Å²) in [7, 11) is 0.407. The normalized spacial score (nSPS) is 14.6. The molecule has 1 atom stereocenters. The van der Waals surface area contributed by atoms with E-state index in [0.29, 0.717) is 15.5 Å². The second-order valence-corrected chi connectivity index (χ2v) is 8.00. The Morgan fingerprint density at radius 3 is 2.33 bits per heavy atom. The summed E-state index contributed by atoms with van der Waals surface area (Å²) in [5.41, 5.74) is 1.11. The van der Waals surface area contributed by atoms with Crippen LogP contribution in [0.3, 0.4) is 0 Å². The lowest BCUT2D eigenvalue weighted by molar-refractivity contribution is 0.103. The smallest absolute Gasteiger partial charge is 0.237 e. The molecule has 18 heavy (non-hydrogen) atoms. The SMILES string of the molecule is C[C@@H](O)c1cccc(C(C)(C)O[Si]C(C)(C)C)n1. The largest absolute Gasteiger partial charge is 0.406 e. The summed E-state index contributed by atoms with van der Waals surface area (Å²) in [6.45, 7) is 12.2. The van der Waals surface area contributed by atoms with Gasteiger partial charge in [0.15, 0.2) is 0 Å². The summed E-state index contributed by atoms with van der Waals surface area (Å²) in [6.07, 6.45) is -0.550. The molecule has 0 saturated heterocycles. The first kappa shape index (κ1) is 15.3. The van der Waals surface area contributed by atoms with Crippen molar-refractivity contribution in [3.8, 4) is 0 Å². The van der Waals surface area contributed by atoms with Crippen molar-refractivity contribution in [1.29, 1.82) is 0 Å². The van der Waals surface area contributed by atoms with Crippen LogP contribution in [0.4, 0.5) is 0 Å². The number of rotatable bonds is 4. The van der Waals surface area contributed by atoms with Crippen LogP contribution in [0.25, 0.3) is 0 Å². The van der Waals surface area contributed by atoms with Gasteiger partial charge in [-0.1, -0.05) is 26.8 Å². The first-order valence-corrected chi connectivity index (χ1v) is 7.13. The third-order valence-corrected chi connectivity index (χ3v) is 3.65. The maximum Gasteiger partial charge on any atom is 0.237 e. The minimum Gasteiger partial charge on any atom is -0.406 e. The van der Waals surface area contributed by atoms with E-state index in [2.05, 4.69) is 25.8 Å². The van der Waals surface area contributed by atoms with Crippen LogP contribution in [0.2, 0.25) is 5.04 Å². The van der Waals surface area contributed by atoms with E-state index in [1.54, 1.807) is 6.92 Å². The van der Waals surface area contributed by atoms with Crippen LogP contribution in [-0.4, -0.2) is 19.9 Å². The van der Waals surface area contributed by atoms with E-state index < -0.39 is 11.7 Å². The second-order valence-electron chi connectivity index (χ2n) is 6.09. The predicted octanol–water partition coefficient (Wildman–Crippen LogP) is 3.22. The lowest BCUT2D eigenvalue weighted by Gasteiger charge is -2.29. The molecule has 0 amide bonds. The summed E-state index contributed by atoms with van der Waals surface area (Å²) in [6, 6.07) is 5.69. The van der Waals surface area contributed by atoms with Crippen molar-refractivity contribution in [3.05, 3.63) is 29.6 Å². The summed E-state index contributed by atoms with van der Waals surface area (Å²) in [5, 5.41) is 9.72. The Morgan fingerprint density at radius 2 is 1.83 bits per heavy atom. The van der Waals surface area contributed by atoms with E-state index in [9.17, 15) is 5.11 Å². The molecule has 4 heteroatoms. The zero-order valence-corrected chi connectivity index (χ0v) is 13.1. The van der Waals surface area contributed by atoms with E-state index in [4.69, 9.17) is 4.43 Å². The number of hydrogen-bond acceptors (Lipinski definition) is 3. The van der Waals surface area contributed by atoms with Crippen LogP contribution in [0.5, 0.6) is 0 Å². The third-order valence-electron chi connectivity index (χ3n) is 2.43. The average Bonchev–Trinajstić information content (AvgIpc) is 2.26. The number of hydrogen-bond donors (Lipinski definition) is 1. The van der Waals surface area contributed by atoms with E-state index in [1.165, 1.54) is 0 Å². The number of nitrogens with zero attached hydrogens (tertiary/aromatic N) is 1. The van der Waals surface area contributed by atoms with Gasteiger partial charge in [0.25, 0.3) is 0 Å². The molecule has 1 heterocycles. The molecule has 0 fully saturated rings. The molecule has 0 aliphatic rings. The number of aromatic nitrogens is 1. The first-order chi connectivity index (χ1) is 8.12. The maximum absolute atomic E-state index is 9.57. The molecular formula is C14H23NO2Si. The molecule has 1 rings (SSSR count). The molecular weight excluding hydrogens is 242 g/mol. The molecule has 0 saturated carbocycles. The van der Waals surface area contributed by atoms with Gasteiger partial charge in [0, 0.05) is 0 Å². The van der Waals surface area contributed by atoms with Gasteiger partial charge in [-0.2, -0.15) is 0 Å². The highest BCUT2D eigenvalue weighted by Gasteiger charge is 2.26. The van der Waals surface area contributed by atoms with Crippen molar-refractivity contribution >= 4 is 9.76 Å². The molecule has 1 aromatic heterocycles. The summed E-state index contributed by atoms with van der Waals surface area (Å²) in [4.78, 5) is 4.47. The summed E-state index contributed by atoms with van der Waals surface area (Å²) < 4.78 is 6.00. The lowest BCUT2D eigenvalue weighted by atomic mass is 10.0. The van der Waals surface area contributed by atoms with E-state index in [1.807, 2.05) is 32.0 Å². The Kier molecular flexibility index (Phi) is 4.70. The lowest BCUT2D eigenvalue weighted by Crippen LogP contribution is -2.28. The number of aliphatic hydroxyl groups excluding tert-OH is 1. The Morgan fingerprint density at radius 1 is 1.22 bits per heavy atom. The van der Waals surface area contributed by atoms with Gasteiger partial charge in [-0.15, -0.1) is 0 Å². The fourth-order valence-corrected chi connectivity index (χ4v) is 2.02. The van der Waals surface area contributed by atoms with Crippen molar-refractivity contribution in [3.63, 3.8) is 0 Å². The van der Waals surface area contributed by atoms with Crippen molar-refractivity contribution in [2.24, 2.45) is 0 Å². The van der Waals surface area contributed by atoms with Gasteiger partial charge in [-0.3, -0.25) is 4.98 Å². The number of pyridine rings is 1. The standard InChI is InChI=1S/C14H23NO2Si/c1-10(16)11-8-7-9-12(15-11)14(5,6)17-18-13(2,3)4/h7-10,16H,1-6H3/t10-/m1/s1. The van der Waals surface area contributed by atoms with Crippen LogP contribution < -0.4 is 0 Å². The number of aliphatic hydroxyl groups is 1. The van der Waals surface area contributed by atoms with Gasteiger partial charge < -0.3 is 9.53 Å². The zero-order chi connectivity index (χ0) is 14.0. The van der Waals surface area contributed by atoms with Gasteiger partial charge in [0.05, 0.1) is 23.1 Å². The van der Waals surface area contributed by atoms with Crippen LogP contribution in [-0.2, 0) is 10.0 Å². The highest BCUT2D eigenvalue weighted by Crippen LogP contribution is 2.28. The van der Waals surface area contributed by atoms with E-state index in [-0.39, 0.29) is 5.04 Å². The molecule has 0 aliphatic carbocycles. The van der Waals surface area contributed by atoms with Crippen LogP contribution >= 0.6 is 0 Å².